The Morgan fingerprint density at radius 2 is 1.04 bits per heavy atom. The van der Waals surface area contributed by atoms with Gasteiger partial charge in [0.15, 0.2) is 0 Å². The van der Waals surface area contributed by atoms with Crippen LogP contribution in [0.1, 0.15) is 105 Å². The van der Waals surface area contributed by atoms with Crippen LogP contribution in [0.15, 0.2) is 0 Å². The predicted molar refractivity (Wildman–Crippen MR) is 114 cm³/mol. The lowest BCUT2D eigenvalue weighted by Gasteiger charge is -2.39. The van der Waals surface area contributed by atoms with Crippen molar-refractivity contribution in [2.24, 2.45) is 5.92 Å². The molecule has 164 valence electrons. The molecule has 0 fully saturated rings. The van der Waals surface area contributed by atoms with E-state index in [2.05, 4.69) is 13.8 Å². The molecule has 0 rings (SSSR count). The first-order valence-electron chi connectivity index (χ1n) is 11.7. The second-order valence-electron chi connectivity index (χ2n) is 7.26. The summed E-state index contributed by atoms with van der Waals surface area (Å²) in [7, 11) is 0. The monoisotopic (exact) mass is 388 g/mol. The highest BCUT2D eigenvalue weighted by Gasteiger charge is 2.41. The second kappa shape index (κ2) is 19.2. The molecule has 1 atom stereocenters. The number of ether oxygens (including phenoxy) is 4. The molecule has 0 saturated carbocycles. The molecular formula is C23H48O4. The van der Waals surface area contributed by atoms with Gasteiger partial charge in [0, 0.05) is 39.0 Å². The average Bonchev–Trinajstić information content (AvgIpc) is 2.66. The SMILES string of the molecule is CCCCCCCCC(CCCOCCCC)C(OCC)(OCC)OCC. The maximum atomic E-state index is 6.08. The summed E-state index contributed by atoms with van der Waals surface area (Å²) in [5.41, 5.74) is 0. The van der Waals surface area contributed by atoms with E-state index in [-0.39, 0.29) is 5.92 Å². The van der Waals surface area contributed by atoms with Gasteiger partial charge in [-0.05, 0) is 46.5 Å². The molecule has 0 aliphatic rings. The Kier molecular flexibility index (Phi) is 19.1. The Hall–Kier alpha value is -0.160. The smallest absolute Gasteiger partial charge is 0.285 e. The maximum absolute atomic E-state index is 6.08. The van der Waals surface area contributed by atoms with Gasteiger partial charge in [0.25, 0.3) is 5.97 Å². The molecule has 4 nitrogen and oxygen atoms in total. The van der Waals surface area contributed by atoms with Crippen LogP contribution in [0.3, 0.4) is 0 Å². The van der Waals surface area contributed by atoms with Gasteiger partial charge >= 0.3 is 0 Å². The Balaban J connectivity index is 4.71. The van der Waals surface area contributed by atoms with E-state index in [0.29, 0.717) is 19.8 Å². The van der Waals surface area contributed by atoms with Crippen molar-refractivity contribution in [3.05, 3.63) is 0 Å². The molecule has 0 heterocycles. The van der Waals surface area contributed by atoms with E-state index < -0.39 is 5.97 Å². The normalized spacial score (nSPS) is 13.2. The fourth-order valence-corrected chi connectivity index (χ4v) is 3.53. The van der Waals surface area contributed by atoms with Gasteiger partial charge in [-0.2, -0.15) is 0 Å². The molecule has 0 radical (unpaired) electrons. The van der Waals surface area contributed by atoms with Crippen molar-refractivity contribution in [2.45, 2.75) is 111 Å². The molecule has 0 aromatic carbocycles. The van der Waals surface area contributed by atoms with E-state index in [9.17, 15) is 0 Å². The lowest BCUT2D eigenvalue weighted by atomic mass is 9.93. The van der Waals surface area contributed by atoms with Crippen LogP contribution < -0.4 is 0 Å². The Labute approximate surface area is 169 Å². The lowest BCUT2D eigenvalue weighted by molar-refractivity contribution is -0.403. The highest BCUT2D eigenvalue weighted by Crippen LogP contribution is 2.34. The van der Waals surface area contributed by atoms with Gasteiger partial charge in [0.05, 0.1) is 0 Å². The molecule has 0 aliphatic heterocycles. The number of rotatable bonds is 21. The van der Waals surface area contributed by atoms with Crippen molar-refractivity contribution >= 4 is 0 Å². The summed E-state index contributed by atoms with van der Waals surface area (Å²) in [5.74, 6) is -0.649. The summed E-state index contributed by atoms with van der Waals surface area (Å²) in [6.07, 6.45) is 13.3. The van der Waals surface area contributed by atoms with Gasteiger partial charge in [-0.3, -0.25) is 0 Å². The summed E-state index contributed by atoms with van der Waals surface area (Å²) >= 11 is 0. The number of hydrogen-bond donors (Lipinski definition) is 0. The van der Waals surface area contributed by atoms with Crippen LogP contribution in [-0.4, -0.2) is 39.0 Å². The molecule has 0 aliphatic carbocycles. The first-order chi connectivity index (χ1) is 13.2. The molecule has 27 heavy (non-hydrogen) atoms. The van der Waals surface area contributed by atoms with Crippen LogP contribution in [-0.2, 0) is 18.9 Å². The van der Waals surface area contributed by atoms with Gasteiger partial charge in [0.1, 0.15) is 0 Å². The highest BCUT2D eigenvalue weighted by atomic mass is 16.9. The van der Waals surface area contributed by atoms with Crippen LogP contribution in [0.2, 0.25) is 0 Å². The highest BCUT2D eigenvalue weighted by molar-refractivity contribution is 4.73. The van der Waals surface area contributed by atoms with Crippen molar-refractivity contribution in [3.8, 4) is 0 Å². The summed E-state index contributed by atoms with van der Waals surface area (Å²) in [6.45, 7) is 14.0. The average molecular weight is 389 g/mol. The van der Waals surface area contributed by atoms with E-state index in [0.717, 1.165) is 38.9 Å². The molecule has 0 aromatic heterocycles. The molecule has 4 heteroatoms. The summed E-state index contributed by atoms with van der Waals surface area (Å²) in [5, 5.41) is 0. The topological polar surface area (TPSA) is 36.9 Å². The number of hydrogen-bond acceptors (Lipinski definition) is 4. The van der Waals surface area contributed by atoms with E-state index in [1.54, 1.807) is 0 Å². The van der Waals surface area contributed by atoms with Crippen LogP contribution in [0.25, 0.3) is 0 Å². The third-order valence-electron chi connectivity index (χ3n) is 4.93. The quantitative estimate of drug-likeness (QED) is 0.162. The van der Waals surface area contributed by atoms with Crippen molar-refractivity contribution in [2.75, 3.05) is 33.0 Å². The van der Waals surface area contributed by atoms with Crippen LogP contribution in [0.5, 0.6) is 0 Å². The third kappa shape index (κ3) is 12.8. The van der Waals surface area contributed by atoms with Gasteiger partial charge in [-0.25, -0.2) is 0 Å². The summed E-state index contributed by atoms with van der Waals surface area (Å²) in [4.78, 5) is 0. The van der Waals surface area contributed by atoms with Crippen LogP contribution in [0, 0.1) is 5.92 Å². The lowest BCUT2D eigenvalue weighted by Crippen LogP contribution is -2.47. The second-order valence-corrected chi connectivity index (χ2v) is 7.26. The minimum atomic E-state index is -0.898. The van der Waals surface area contributed by atoms with Gasteiger partial charge in [-0.15, -0.1) is 0 Å². The molecule has 0 aromatic rings. The third-order valence-corrected chi connectivity index (χ3v) is 4.93. The first kappa shape index (κ1) is 26.8. The van der Waals surface area contributed by atoms with E-state index >= 15 is 0 Å². The fraction of sp³-hybridized carbons (Fsp3) is 1.00. The number of unbranched alkanes of at least 4 members (excludes halogenated alkanes) is 6. The largest absolute Gasteiger partial charge is 0.381 e. The minimum Gasteiger partial charge on any atom is -0.381 e. The Morgan fingerprint density at radius 1 is 0.556 bits per heavy atom. The zero-order valence-corrected chi connectivity index (χ0v) is 19.0. The Morgan fingerprint density at radius 3 is 1.59 bits per heavy atom. The van der Waals surface area contributed by atoms with Crippen molar-refractivity contribution < 1.29 is 18.9 Å². The van der Waals surface area contributed by atoms with E-state index in [1.165, 1.54) is 44.9 Å². The van der Waals surface area contributed by atoms with Crippen molar-refractivity contribution in [1.82, 2.24) is 0 Å². The molecule has 1 unspecified atom stereocenters. The van der Waals surface area contributed by atoms with Gasteiger partial charge in [0.2, 0.25) is 0 Å². The molecular weight excluding hydrogens is 340 g/mol. The standard InChI is InChI=1S/C23H48O4/c1-6-11-13-14-15-16-18-22(19-17-21-24-20-12-7-2)23(25-8-3,26-9-4)27-10-5/h22H,6-21H2,1-5H3. The maximum Gasteiger partial charge on any atom is 0.285 e. The van der Waals surface area contributed by atoms with Gasteiger partial charge in [-0.1, -0.05) is 58.8 Å². The van der Waals surface area contributed by atoms with Crippen LogP contribution >= 0.6 is 0 Å². The van der Waals surface area contributed by atoms with Crippen molar-refractivity contribution in [3.63, 3.8) is 0 Å². The fourth-order valence-electron chi connectivity index (χ4n) is 3.53. The molecule has 0 saturated heterocycles. The first-order valence-corrected chi connectivity index (χ1v) is 11.7. The minimum absolute atomic E-state index is 0.248. The van der Waals surface area contributed by atoms with E-state index in [4.69, 9.17) is 18.9 Å². The Bertz CT molecular complexity index is 263. The summed E-state index contributed by atoms with van der Waals surface area (Å²) < 4.78 is 24.0. The molecule has 0 N–H and O–H groups in total. The van der Waals surface area contributed by atoms with Crippen LogP contribution in [0.4, 0.5) is 0 Å². The van der Waals surface area contributed by atoms with E-state index in [1.807, 2.05) is 20.8 Å². The zero-order chi connectivity index (χ0) is 20.2. The zero-order valence-electron chi connectivity index (χ0n) is 19.0. The van der Waals surface area contributed by atoms with Crippen molar-refractivity contribution in [1.29, 1.82) is 0 Å². The summed E-state index contributed by atoms with van der Waals surface area (Å²) in [6, 6.07) is 0. The molecule has 0 bridgehead atoms. The van der Waals surface area contributed by atoms with Gasteiger partial charge < -0.3 is 18.9 Å². The molecule has 0 spiro atoms. The predicted octanol–water partition coefficient (Wildman–Crippen LogP) is 6.71. The molecule has 0 amide bonds.